The minimum Gasteiger partial charge on any atom is -0.490 e. The van der Waals surface area contributed by atoms with Gasteiger partial charge in [-0.2, -0.15) is 0 Å². The Hall–Kier alpha value is -1.09. The van der Waals surface area contributed by atoms with Crippen LogP contribution in [0.1, 0.15) is 25.8 Å². The molecule has 1 rings (SSSR count). The summed E-state index contributed by atoms with van der Waals surface area (Å²) < 4.78 is 5.69. The van der Waals surface area contributed by atoms with Crippen molar-refractivity contribution in [1.82, 2.24) is 0 Å². The first-order chi connectivity index (χ1) is 6.65. The summed E-state index contributed by atoms with van der Waals surface area (Å²) in [7, 11) is 0. The highest BCUT2D eigenvalue weighted by Crippen LogP contribution is 2.19. The van der Waals surface area contributed by atoms with Crippen LogP contribution in [0, 0.1) is 0 Å². The summed E-state index contributed by atoms with van der Waals surface area (Å²) in [4.78, 5) is 0.379. The first-order valence-corrected chi connectivity index (χ1v) is 5.11. The van der Waals surface area contributed by atoms with Gasteiger partial charge in [0.25, 0.3) is 0 Å². The topological polar surface area (TPSA) is 35.2 Å². The van der Waals surface area contributed by atoms with Gasteiger partial charge in [-0.15, -0.1) is 0 Å². The lowest BCUT2D eigenvalue weighted by atomic mass is 10.2. The second-order valence-electron chi connectivity index (χ2n) is 3.20. The Morgan fingerprint density at radius 3 is 2.71 bits per heavy atom. The maximum absolute atomic E-state index is 5.69. The molecule has 0 saturated carbocycles. The molecule has 0 aromatic heterocycles. The Balaban J connectivity index is 2.90. The van der Waals surface area contributed by atoms with Crippen molar-refractivity contribution in [3.8, 4) is 5.75 Å². The minimum atomic E-state index is 0.186. The van der Waals surface area contributed by atoms with Crippen molar-refractivity contribution in [2.24, 2.45) is 5.73 Å². The summed E-state index contributed by atoms with van der Waals surface area (Å²) in [5.74, 6) is 0.773. The molecule has 1 atom stereocenters. The molecule has 1 aromatic carbocycles. The lowest BCUT2D eigenvalue weighted by Crippen LogP contribution is -2.15. The number of hydrogen-bond acceptors (Lipinski definition) is 2. The average Bonchev–Trinajstić information content (AvgIpc) is 2.18. The molecule has 0 aliphatic heterocycles. The molecule has 0 aliphatic carbocycles. The summed E-state index contributed by atoms with van der Waals surface area (Å²) in [6.45, 7) is 4.10. The molecular formula is C11H15NOS. The molecule has 2 nitrogen and oxygen atoms in total. The van der Waals surface area contributed by atoms with E-state index in [2.05, 4.69) is 6.92 Å². The Bertz CT molecular complexity index is 325. The smallest absolute Gasteiger partial charge is 0.129 e. The average molecular weight is 209 g/mol. The van der Waals surface area contributed by atoms with Gasteiger partial charge < -0.3 is 10.5 Å². The van der Waals surface area contributed by atoms with Crippen LogP contribution in [-0.2, 0) is 0 Å². The van der Waals surface area contributed by atoms with Crippen molar-refractivity contribution in [2.75, 3.05) is 0 Å². The maximum Gasteiger partial charge on any atom is 0.129 e. The van der Waals surface area contributed by atoms with Crippen LogP contribution in [0.3, 0.4) is 0 Å². The van der Waals surface area contributed by atoms with Crippen molar-refractivity contribution < 1.29 is 4.74 Å². The number of benzene rings is 1. The molecule has 0 spiro atoms. The molecule has 0 radical (unpaired) electrons. The van der Waals surface area contributed by atoms with Crippen LogP contribution in [0.4, 0.5) is 0 Å². The lowest BCUT2D eigenvalue weighted by molar-refractivity contribution is 0.217. The van der Waals surface area contributed by atoms with E-state index in [0.717, 1.165) is 17.7 Å². The van der Waals surface area contributed by atoms with Gasteiger partial charge in [0.2, 0.25) is 0 Å². The van der Waals surface area contributed by atoms with Crippen LogP contribution in [0.25, 0.3) is 0 Å². The van der Waals surface area contributed by atoms with Gasteiger partial charge in [-0.3, -0.25) is 0 Å². The van der Waals surface area contributed by atoms with E-state index < -0.39 is 0 Å². The number of nitrogens with two attached hydrogens (primary N) is 1. The van der Waals surface area contributed by atoms with E-state index in [-0.39, 0.29) is 6.10 Å². The van der Waals surface area contributed by atoms with Gasteiger partial charge in [0.15, 0.2) is 0 Å². The van der Waals surface area contributed by atoms with Gasteiger partial charge in [0.05, 0.1) is 11.7 Å². The van der Waals surface area contributed by atoms with E-state index in [9.17, 15) is 0 Å². The molecule has 14 heavy (non-hydrogen) atoms. The molecule has 0 bridgehead atoms. The molecule has 0 saturated heterocycles. The fourth-order valence-electron chi connectivity index (χ4n) is 1.07. The molecule has 1 aromatic rings. The summed E-state index contributed by atoms with van der Waals surface area (Å²) in [5.41, 5.74) is 6.39. The molecule has 0 fully saturated rings. The number of ether oxygens (including phenoxy) is 1. The monoisotopic (exact) mass is 209 g/mol. The zero-order chi connectivity index (χ0) is 10.6. The van der Waals surface area contributed by atoms with Crippen molar-refractivity contribution in [3.05, 3.63) is 29.8 Å². The van der Waals surface area contributed by atoms with Gasteiger partial charge in [0, 0.05) is 0 Å². The highest BCUT2D eigenvalue weighted by Gasteiger charge is 2.07. The number of rotatable bonds is 4. The Kier molecular flexibility index (Phi) is 3.89. The fraction of sp³-hybridized carbons (Fsp3) is 0.364. The molecule has 0 heterocycles. The van der Waals surface area contributed by atoms with Crippen molar-refractivity contribution in [3.63, 3.8) is 0 Å². The van der Waals surface area contributed by atoms with Crippen LogP contribution in [0.5, 0.6) is 5.75 Å². The predicted molar refractivity (Wildman–Crippen MR) is 62.7 cm³/mol. The van der Waals surface area contributed by atoms with Crippen LogP contribution >= 0.6 is 12.2 Å². The quantitative estimate of drug-likeness (QED) is 0.774. The van der Waals surface area contributed by atoms with Gasteiger partial charge in [-0.05, 0) is 25.5 Å². The van der Waals surface area contributed by atoms with Crippen LogP contribution in [0.15, 0.2) is 24.3 Å². The standard InChI is InChI=1S/C11H15NOS/c1-3-8(2)13-10-7-5-4-6-9(10)11(12)14/h4-8H,3H2,1-2H3,(H2,12,14). The van der Waals surface area contributed by atoms with Crippen molar-refractivity contribution in [1.29, 1.82) is 0 Å². The molecule has 0 amide bonds. The van der Waals surface area contributed by atoms with Crippen LogP contribution < -0.4 is 10.5 Å². The Morgan fingerprint density at radius 2 is 2.14 bits per heavy atom. The summed E-state index contributed by atoms with van der Waals surface area (Å²) >= 11 is 4.94. The summed E-state index contributed by atoms with van der Waals surface area (Å²) in [6, 6.07) is 7.58. The van der Waals surface area contributed by atoms with E-state index in [4.69, 9.17) is 22.7 Å². The largest absolute Gasteiger partial charge is 0.490 e. The fourth-order valence-corrected chi connectivity index (χ4v) is 1.24. The molecule has 1 unspecified atom stereocenters. The third-order valence-corrected chi connectivity index (χ3v) is 2.28. The van der Waals surface area contributed by atoms with Crippen LogP contribution in [-0.4, -0.2) is 11.1 Å². The van der Waals surface area contributed by atoms with E-state index >= 15 is 0 Å². The van der Waals surface area contributed by atoms with Gasteiger partial charge in [-0.25, -0.2) is 0 Å². The third kappa shape index (κ3) is 2.70. The molecule has 0 aliphatic rings. The molecule has 76 valence electrons. The van der Waals surface area contributed by atoms with Gasteiger partial charge in [0.1, 0.15) is 10.7 Å². The van der Waals surface area contributed by atoms with Gasteiger partial charge >= 0.3 is 0 Å². The molecule has 3 heteroatoms. The highest BCUT2D eigenvalue weighted by atomic mass is 32.1. The van der Waals surface area contributed by atoms with E-state index in [1.165, 1.54) is 0 Å². The third-order valence-electron chi connectivity index (χ3n) is 2.06. The Labute approximate surface area is 90.1 Å². The van der Waals surface area contributed by atoms with Crippen molar-refractivity contribution in [2.45, 2.75) is 26.4 Å². The zero-order valence-electron chi connectivity index (χ0n) is 8.49. The second-order valence-corrected chi connectivity index (χ2v) is 3.64. The van der Waals surface area contributed by atoms with E-state index in [0.29, 0.717) is 4.99 Å². The highest BCUT2D eigenvalue weighted by molar-refractivity contribution is 7.80. The number of hydrogen-bond donors (Lipinski definition) is 1. The summed E-state index contributed by atoms with van der Waals surface area (Å²) in [5, 5.41) is 0. The lowest BCUT2D eigenvalue weighted by Gasteiger charge is -2.15. The second kappa shape index (κ2) is 4.96. The number of thiocarbonyl (C=S) groups is 1. The van der Waals surface area contributed by atoms with E-state index in [1.54, 1.807) is 0 Å². The minimum absolute atomic E-state index is 0.186. The summed E-state index contributed by atoms with van der Waals surface area (Å²) in [6.07, 6.45) is 1.15. The zero-order valence-corrected chi connectivity index (χ0v) is 9.30. The number of para-hydroxylation sites is 1. The van der Waals surface area contributed by atoms with E-state index in [1.807, 2.05) is 31.2 Å². The normalized spacial score (nSPS) is 12.1. The van der Waals surface area contributed by atoms with Crippen LogP contribution in [0.2, 0.25) is 0 Å². The SMILES string of the molecule is CCC(C)Oc1ccccc1C(N)=S. The molecule has 2 N–H and O–H groups in total. The molecular weight excluding hydrogens is 194 g/mol. The maximum atomic E-state index is 5.69. The first-order valence-electron chi connectivity index (χ1n) is 4.70. The Morgan fingerprint density at radius 1 is 1.50 bits per heavy atom. The predicted octanol–water partition coefficient (Wildman–Crippen LogP) is 2.50. The first kappa shape index (κ1) is 11.0. The van der Waals surface area contributed by atoms with Gasteiger partial charge in [-0.1, -0.05) is 31.3 Å². The van der Waals surface area contributed by atoms with Crippen molar-refractivity contribution >= 4 is 17.2 Å².